The highest BCUT2D eigenvalue weighted by Gasteiger charge is 2.18. The number of fused-ring (bicyclic) bond motifs is 1. The van der Waals surface area contributed by atoms with E-state index in [1.165, 1.54) is 0 Å². The van der Waals surface area contributed by atoms with Gasteiger partial charge in [-0.15, -0.1) is 0 Å². The summed E-state index contributed by atoms with van der Waals surface area (Å²) in [6.45, 7) is 8.36. The maximum Gasteiger partial charge on any atom is 0.244 e. The maximum atomic E-state index is 12.4. The minimum atomic E-state index is -0.124. The number of hydrogen-bond donors (Lipinski definition) is 1. The van der Waals surface area contributed by atoms with Gasteiger partial charge in [0, 0.05) is 40.3 Å². The van der Waals surface area contributed by atoms with Gasteiger partial charge in [-0.2, -0.15) is 0 Å². The van der Waals surface area contributed by atoms with Crippen molar-refractivity contribution < 1.29 is 23.4 Å². The van der Waals surface area contributed by atoms with Crippen molar-refractivity contribution >= 4 is 22.4 Å². The zero-order valence-electron chi connectivity index (χ0n) is 19.6. The van der Waals surface area contributed by atoms with Gasteiger partial charge in [-0.1, -0.05) is 6.92 Å². The summed E-state index contributed by atoms with van der Waals surface area (Å²) in [7, 11) is 3.26. The highest BCUT2D eigenvalue weighted by molar-refractivity contribution is 6.01. The Bertz CT molecular complexity index is 1130. The van der Waals surface area contributed by atoms with E-state index >= 15 is 0 Å². The Morgan fingerprint density at radius 3 is 2.53 bits per heavy atom. The number of nitrogens with one attached hydrogen (secondary N) is 1. The first kappa shape index (κ1) is 23.3. The number of rotatable bonds is 9. The van der Waals surface area contributed by atoms with Crippen LogP contribution in [0.2, 0.25) is 0 Å². The summed E-state index contributed by atoms with van der Waals surface area (Å²) in [5.41, 5.74) is 4.06. The molecule has 6 nitrogen and oxygen atoms in total. The van der Waals surface area contributed by atoms with E-state index in [4.69, 9.17) is 18.6 Å². The molecule has 1 atom stereocenters. The number of carbonyl (C=O) groups is 1. The SMILES string of the molecule is CCOc1cc2occ(-c3cc(OC)ccc3OC)c2cc1/C(C)=C/C(=O)NC(C)CC. The van der Waals surface area contributed by atoms with Gasteiger partial charge in [0.15, 0.2) is 0 Å². The highest BCUT2D eigenvalue weighted by Crippen LogP contribution is 2.41. The first-order valence-corrected chi connectivity index (χ1v) is 10.8. The largest absolute Gasteiger partial charge is 0.497 e. The Balaban J connectivity index is 2.14. The van der Waals surface area contributed by atoms with Crippen molar-refractivity contribution in [3.05, 3.63) is 48.2 Å². The lowest BCUT2D eigenvalue weighted by atomic mass is 9.98. The Morgan fingerprint density at radius 1 is 1.09 bits per heavy atom. The van der Waals surface area contributed by atoms with Crippen LogP contribution in [0.5, 0.6) is 17.2 Å². The molecule has 6 heteroatoms. The lowest BCUT2D eigenvalue weighted by Gasteiger charge is -2.13. The van der Waals surface area contributed by atoms with Crippen molar-refractivity contribution in [1.29, 1.82) is 0 Å². The summed E-state index contributed by atoms with van der Waals surface area (Å²) in [5.74, 6) is 1.98. The molecule has 1 heterocycles. The number of methoxy groups -OCH3 is 2. The zero-order valence-corrected chi connectivity index (χ0v) is 19.6. The Hall–Kier alpha value is -3.41. The van der Waals surface area contributed by atoms with Crippen molar-refractivity contribution in [2.75, 3.05) is 20.8 Å². The molecule has 3 rings (SSSR count). The van der Waals surface area contributed by atoms with Gasteiger partial charge in [-0.3, -0.25) is 4.79 Å². The number of hydrogen-bond acceptors (Lipinski definition) is 5. The molecule has 1 aromatic heterocycles. The second kappa shape index (κ2) is 10.3. The van der Waals surface area contributed by atoms with Gasteiger partial charge in [0.2, 0.25) is 5.91 Å². The van der Waals surface area contributed by atoms with Gasteiger partial charge in [0.1, 0.15) is 22.8 Å². The van der Waals surface area contributed by atoms with Gasteiger partial charge in [0.05, 0.1) is 27.1 Å². The fourth-order valence-corrected chi connectivity index (χ4v) is 3.53. The maximum absolute atomic E-state index is 12.4. The van der Waals surface area contributed by atoms with Crippen LogP contribution in [0, 0.1) is 0 Å². The van der Waals surface area contributed by atoms with Crippen LogP contribution in [0.1, 0.15) is 39.7 Å². The standard InChI is InChI=1S/C26H31NO5/c1-7-17(4)27-26(28)11-16(3)19-13-21-22(15-32-25(21)14-24(19)31-8-2)20-12-18(29-5)9-10-23(20)30-6/h9-15,17H,7-8H2,1-6H3,(H,27,28)/b16-11+. The molecule has 1 unspecified atom stereocenters. The van der Waals surface area contributed by atoms with Crippen LogP contribution in [-0.2, 0) is 4.79 Å². The number of carbonyl (C=O) groups excluding carboxylic acids is 1. The quantitative estimate of drug-likeness (QED) is 0.426. The fraction of sp³-hybridized carbons (Fsp3) is 0.346. The minimum Gasteiger partial charge on any atom is -0.497 e. The predicted octanol–water partition coefficient (Wildman–Crippen LogP) is 5.83. The van der Waals surface area contributed by atoms with E-state index in [-0.39, 0.29) is 11.9 Å². The molecule has 0 fully saturated rings. The summed E-state index contributed by atoms with van der Waals surface area (Å²) in [6.07, 6.45) is 4.19. The summed E-state index contributed by atoms with van der Waals surface area (Å²) in [5, 5.41) is 3.87. The predicted molar refractivity (Wildman–Crippen MR) is 127 cm³/mol. The van der Waals surface area contributed by atoms with Crippen LogP contribution in [0.4, 0.5) is 0 Å². The van der Waals surface area contributed by atoms with Gasteiger partial charge in [-0.25, -0.2) is 0 Å². The second-order valence-electron chi connectivity index (χ2n) is 7.64. The van der Waals surface area contributed by atoms with Crippen LogP contribution in [0.25, 0.3) is 27.7 Å². The van der Waals surface area contributed by atoms with E-state index in [0.717, 1.165) is 39.8 Å². The molecule has 0 bridgehead atoms. The van der Waals surface area contributed by atoms with Crippen molar-refractivity contribution in [3.8, 4) is 28.4 Å². The third kappa shape index (κ3) is 4.90. The second-order valence-corrected chi connectivity index (χ2v) is 7.64. The normalized spacial score (nSPS) is 12.5. The Kier molecular flexibility index (Phi) is 7.46. The molecule has 0 aliphatic heterocycles. The van der Waals surface area contributed by atoms with Crippen molar-refractivity contribution in [2.24, 2.45) is 0 Å². The molecule has 32 heavy (non-hydrogen) atoms. The van der Waals surface area contributed by atoms with Crippen LogP contribution in [-0.4, -0.2) is 32.8 Å². The summed E-state index contributed by atoms with van der Waals surface area (Å²) < 4.78 is 22.7. The molecule has 170 valence electrons. The highest BCUT2D eigenvalue weighted by atomic mass is 16.5. The topological polar surface area (TPSA) is 69.9 Å². The number of benzene rings is 2. The van der Waals surface area contributed by atoms with E-state index in [9.17, 15) is 4.79 Å². The molecule has 1 N–H and O–H groups in total. The number of allylic oxidation sites excluding steroid dienone is 1. The smallest absolute Gasteiger partial charge is 0.244 e. The van der Waals surface area contributed by atoms with Crippen LogP contribution < -0.4 is 19.5 Å². The van der Waals surface area contributed by atoms with Crippen molar-refractivity contribution in [3.63, 3.8) is 0 Å². The van der Waals surface area contributed by atoms with Gasteiger partial charge >= 0.3 is 0 Å². The third-order valence-corrected chi connectivity index (χ3v) is 5.45. The molecule has 0 saturated heterocycles. The Labute approximate surface area is 189 Å². The lowest BCUT2D eigenvalue weighted by Crippen LogP contribution is -2.30. The van der Waals surface area contributed by atoms with Crippen LogP contribution in [0.3, 0.4) is 0 Å². The molecular formula is C26H31NO5. The molecule has 0 spiro atoms. The summed E-state index contributed by atoms with van der Waals surface area (Å²) in [6, 6.07) is 9.62. The van der Waals surface area contributed by atoms with E-state index in [2.05, 4.69) is 5.32 Å². The first-order chi connectivity index (χ1) is 15.4. The third-order valence-electron chi connectivity index (χ3n) is 5.45. The molecule has 0 aliphatic rings. The van der Waals surface area contributed by atoms with E-state index in [0.29, 0.717) is 23.7 Å². The fourth-order valence-electron chi connectivity index (χ4n) is 3.53. The van der Waals surface area contributed by atoms with Crippen molar-refractivity contribution in [2.45, 2.75) is 40.2 Å². The average molecular weight is 438 g/mol. The number of ether oxygens (including phenoxy) is 3. The monoisotopic (exact) mass is 437 g/mol. The van der Waals surface area contributed by atoms with Gasteiger partial charge < -0.3 is 23.9 Å². The molecule has 0 saturated carbocycles. The van der Waals surface area contributed by atoms with E-state index < -0.39 is 0 Å². The number of furan rings is 1. The van der Waals surface area contributed by atoms with Crippen LogP contribution in [0.15, 0.2) is 47.1 Å². The average Bonchev–Trinajstić information content (AvgIpc) is 3.20. The van der Waals surface area contributed by atoms with Gasteiger partial charge in [-0.05, 0) is 57.0 Å². The van der Waals surface area contributed by atoms with Crippen LogP contribution >= 0.6 is 0 Å². The lowest BCUT2D eigenvalue weighted by molar-refractivity contribution is -0.117. The van der Waals surface area contributed by atoms with E-state index in [1.807, 2.05) is 58.0 Å². The first-order valence-electron chi connectivity index (χ1n) is 10.8. The molecule has 3 aromatic rings. The summed E-state index contributed by atoms with van der Waals surface area (Å²) in [4.78, 5) is 12.4. The Morgan fingerprint density at radius 2 is 1.88 bits per heavy atom. The van der Waals surface area contributed by atoms with Gasteiger partial charge in [0.25, 0.3) is 0 Å². The number of amides is 1. The summed E-state index contributed by atoms with van der Waals surface area (Å²) >= 11 is 0. The zero-order chi connectivity index (χ0) is 23.3. The van der Waals surface area contributed by atoms with E-state index in [1.54, 1.807) is 26.6 Å². The van der Waals surface area contributed by atoms with Crippen molar-refractivity contribution in [1.82, 2.24) is 5.32 Å². The minimum absolute atomic E-state index is 0.112. The molecule has 2 aromatic carbocycles. The molecule has 0 radical (unpaired) electrons. The molecular weight excluding hydrogens is 406 g/mol. The molecule has 0 aliphatic carbocycles. The molecule has 1 amide bonds.